The molecule has 36 heavy (non-hydrogen) atoms. The Hall–Kier alpha value is -4.27. The first-order valence-corrected chi connectivity index (χ1v) is 12.8. The molecular formula is C28H24N4O3S. The minimum atomic E-state index is -4.03. The number of sulfonamides is 1. The van der Waals surface area contributed by atoms with E-state index in [0.717, 1.165) is 21.7 Å². The molecule has 1 atom stereocenters. The van der Waals surface area contributed by atoms with Crippen LogP contribution >= 0.6 is 0 Å². The fourth-order valence-corrected chi connectivity index (χ4v) is 5.50. The predicted molar refractivity (Wildman–Crippen MR) is 142 cm³/mol. The van der Waals surface area contributed by atoms with Gasteiger partial charge in [0.1, 0.15) is 5.84 Å². The number of carbonyl (C=O) groups excluding carboxylic acids is 1. The van der Waals surface area contributed by atoms with Crippen LogP contribution in [-0.2, 0) is 16.4 Å². The molecule has 0 aliphatic rings. The maximum atomic E-state index is 13.6. The van der Waals surface area contributed by atoms with Crippen LogP contribution in [0.15, 0.2) is 102 Å². The van der Waals surface area contributed by atoms with Gasteiger partial charge in [-0.3, -0.25) is 10.2 Å². The second-order valence-electron chi connectivity index (χ2n) is 8.64. The molecule has 0 bridgehead atoms. The summed E-state index contributed by atoms with van der Waals surface area (Å²) in [6, 6.07) is 27.4. The van der Waals surface area contributed by atoms with E-state index >= 15 is 0 Å². The van der Waals surface area contributed by atoms with Gasteiger partial charge in [0, 0.05) is 16.5 Å². The molecule has 4 aromatic carbocycles. The lowest BCUT2D eigenvalue weighted by Crippen LogP contribution is -2.42. The zero-order valence-electron chi connectivity index (χ0n) is 19.2. The van der Waals surface area contributed by atoms with E-state index in [-0.39, 0.29) is 22.9 Å². The Labute approximate surface area is 208 Å². The lowest BCUT2D eigenvalue weighted by molar-refractivity contribution is 0.0949. The highest BCUT2D eigenvalue weighted by Gasteiger charge is 2.28. The van der Waals surface area contributed by atoms with Crippen molar-refractivity contribution in [3.63, 3.8) is 0 Å². The maximum absolute atomic E-state index is 13.6. The summed E-state index contributed by atoms with van der Waals surface area (Å²) in [5, 5.41) is 10.3. The zero-order valence-corrected chi connectivity index (χ0v) is 20.0. The second-order valence-corrected chi connectivity index (χ2v) is 10.3. The summed E-state index contributed by atoms with van der Waals surface area (Å²) in [5.74, 6) is -0.490. The molecule has 0 aliphatic carbocycles. The molecule has 1 heterocycles. The van der Waals surface area contributed by atoms with E-state index in [1.165, 1.54) is 6.07 Å². The molecule has 0 saturated carbocycles. The van der Waals surface area contributed by atoms with Crippen molar-refractivity contribution in [3.05, 3.63) is 114 Å². The number of rotatable bonds is 8. The molecular weight excluding hydrogens is 472 g/mol. The van der Waals surface area contributed by atoms with E-state index in [4.69, 9.17) is 11.1 Å². The van der Waals surface area contributed by atoms with Crippen LogP contribution in [0, 0.1) is 5.41 Å². The lowest BCUT2D eigenvalue weighted by Gasteiger charge is -2.18. The number of aromatic amines is 1. The molecule has 0 aliphatic heterocycles. The van der Waals surface area contributed by atoms with Crippen LogP contribution in [-0.4, -0.2) is 31.1 Å². The number of H-pyrrole nitrogens is 1. The number of fused-ring (bicyclic) bond motifs is 2. The number of aromatic nitrogens is 1. The van der Waals surface area contributed by atoms with Crippen LogP contribution in [0.3, 0.4) is 0 Å². The second kappa shape index (κ2) is 9.41. The monoisotopic (exact) mass is 496 g/mol. The number of para-hydroxylation sites is 1. The number of Topliss-reactive ketones (excluding diaryl/α,β-unsaturated/α-hetero) is 1. The van der Waals surface area contributed by atoms with E-state index in [0.29, 0.717) is 16.8 Å². The van der Waals surface area contributed by atoms with E-state index in [9.17, 15) is 13.2 Å². The molecule has 7 nitrogen and oxygen atoms in total. The molecule has 5 aromatic rings. The minimum Gasteiger partial charge on any atom is -0.384 e. The van der Waals surface area contributed by atoms with Crippen molar-refractivity contribution in [3.8, 4) is 0 Å². The Bertz CT molecular complexity index is 1690. The summed E-state index contributed by atoms with van der Waals surface area (Å²) in [7, 11) is -4.03. The zero-order chi connectivity index (χ0) is 25.3. The van der Waals surface area contributed by atoms with Crippen LogP contribution in [0.25, 0.3) is 21.7 Å². The Morgan fingerprint density at radius 2 is 1.58 bits per heavy atom. The van der Waals surface area contributed by atoms with Gasteiger partial charge in [-0.05, 0) is 53.1 Å². The van der Waals surface area contributed by atoms with Gasteiger partial charge >= 0.3 is 0 Å². The van der Waals surface area contributed by atoms with Crippen LogP contribution < -0.4 is 10.5 Å². The quantitative estimate of drug-likeness (QED) is 0.144. The summed E-state index contributed by atoms with van der Waals surface area (Å²) in [4.78, 5) is 16.8. The number of hydrogen-bond acceptors (Lipinski definition) is 4. The predicted octanol–water partition coefficient (Wildman–Crippen LogP) is 4.38. The Balaban J connectivity index is 1.52. The van der Waals surface area contributed by atoms with Crippen LogP contribution in [0.1, 0.15) is 21.6 Å². The minimum absolute atomic E-state index is 0.0770. The number of nitrogens with two attached hydrogens (primary N) is 1. The number of ketones is 1. The van der Waals surface area contributed by atoms with Crippen molar-refractivity contribution in [1.29, 1.82) is 5.41 Å². The fourth-order valence-electron chi connectivity index (χ4n) is 4.27. The molecule has 5 N–H and O–H groups in total. The third-order valence-electron chi connectivity index (χ3n) is 6.12. The Morgan fingerprint density at radius 1 is 0.861 bits per heavy atom. The van der Waals surface area contributed by atoms with Gasteiger partial charge in [-0.25, -0.2) is 8.42 Å². The number of nitrogen functional groups attached to an aromatic ring is 1. The van der Waals surface area contributed by atoms with Gasteiger partial charge in [0.25, 0.3) is 0 Å². The summed E-state index contributed by atoms with van der Waals surface area (Å²) >= 11 is 0. The first-order chi connectivity index (χ1) is 17.3. The highest BCUT2D eigenvalue weighted by Crippen LogP contribution is 2.22. The molecule has 0 saturated heterocycles. The van der Waals surface area contributed by atoms with E-state index in [1.54, 1.807) is 42.5 Å². The first kappa shape index (κ1) is 23.5. The number of carbonyl (C=O) groups is 1. The van der Waals surface area contributed by atoms with Crippen molar-refractivity contribution in [2.75, 3.05) is 0 Å². The van der Waals surface area contributed by atoms with Gasteiger partial charge in [0.15, 0.2) is 5.78 Å². The van der Waals surface area contributed by atoms with Gasteiger partial charge in [0.2, 0.25) is 10.0 Å². The van der Waals surface area contributed by atoms with Gasteiger partial charge in [0.05, 0.1) is 16.6 Å². The molecule has 8 heteroatoms. The third-order valence-corrected chi connectivity index (χ3v) is 7.59. The largest absolute Gasteiger partial charge is 0.384 e. The standard InChI is InChI=1S/C28H24N4O3S/c29-28(30)22-10-5-6-18(14-22)15-26(27(33)25-17-21-9-3-4-11-24(21)31-25)32-36(34,35)23-13-12-19-7-1-2-8-20(19)16-23/h1-14,16-17,26,31-32H,15H2,(H3,29,30)/t26-/m0/s1. The summed E-state index contributed by atoms with van der Waals surface area (Å²) < 4.78 is 29.5. The highest BCUT2D eigenvalue weighted by atomic mass is 32.2. The van der Waals surface area contributed by atoms with Crippen LogP contribution in [0.5, 0.6) is 0 Å². The smallest absolute Gasteiger partial charge is 0.241 e. The lowest BCUT2D eigenvalue weighted by atomic mass is 9.99. The molecule has 0 amide bonds. The Kier molecular flexibility index (Phi) is 6.13. The first-order valence-electron chi connectivity index (χ1n) is 11.4. The van der Waals surface area contributed by atoms with Crippen molar-refractivity contribution in [2.45, 2.75) is 17.4 Å². The molecule has 0 fully saturated rings. The molecule has 1 aromatic heterocycles. The molecule has 0 unspecified atom stereocenters. The van der Waals surface area contributed by atoms with Gasteiger partial charge in [-0.15, -0.1) is 0 Å². The Morgan fingerprint density at radius 3 is 2.33 bits per heavy atom. The number of amidine groups is 1. The van der Waals surface area contributed by atoms with E-state index in [2.05, 4.69) is 9.71 Å². The maximum Gasteiger partial charge on any atom is 0.241 e. The van der Waals surface area contributed by atoms with E-state index < -0.39 is 16.1 Å². The number of nitrogens with one attached hydrogen (secondary N) is 3. The van der Waals surface area contributed by atoms with Crippen LogP contribution in [0.2, 0.25) is 0 Å². The van der Waals surface area contributed by atoms with Gasteiger partial charge < -0.3 is 10.7 Å². The fraction of sp³-hybridized carbons (Fsp3) is 0.0714. The van der Waals surface area contributed by atoms with E-state index in [1.807, 2.05) is 48.5 Å². The molecule has 0 spiro atoms. The summed E-state index contributed by atoms with van der Waals surface area (Å²) in [5.41, 5.74) is 7.91. The summed E-state index contributed by atoms with van der Waals surface area (Å²) in [6.45, 7) is 0. The molecule has 180 valence electrons. The van der Waals surface area contributed by atoms with Crippen LogP contribution in [0.4, 0.5) is 0 Å². The normalized spacial score (nSPS) is 12.6. The van der Waals surface area contributed by atoms with Crippen molar-refractivity contribution in [1.82, 2.24) is 9.71 Å². The average molecular weight is 497 g/mol. The average Bonchev–Trinajstić information content (AvgIpc) is 3.32. The van der Waals surface area contributed by atoms with Gasteiger partial charge in [-0.2, -0.15) is 4.72 Å². The number of hydrogen-bond donors (Lipinski definition) is 4. The SMILES string of the molecule is N=C(N)c1cccc(C[C@H](NS(=O)(=O)c2ccc3ccccc3c2)C(=O)c2cc3ccccc3[nH]2)c1. The topological polar surface area (TPSA) is 129 Å². The number of benzene rings is 4. The third kappa shape index (κ3) is 4.77. The summed E-state index contributed by atoms with van der Waals surface area (Å²) in [6.07, 6.45) is 0.0854. The highest BCUT2D eigenvalue weighted by molar-refractivity contribution is 7.89. The molecule has 0 radical (unpaired) electrons. The molecule has 5 rings (SSSR count). The van der Waals surface area contributed by atoms with Crippen molar-refractivity contribution >= 4 is 43.3 Å². The van der Waals surface area contributed by atoms with Gasteiger partial charge in [-0.1, -0.05) is 66.7 Å². The van der Waals surface area contributed by atoms with Crippen molar-refractivity contribution in [2.24, 2.45) is 5.73 Å². The van der Waals surface area contributed by atoms with Crippen molar-refractivity contribution < 1.29 is 13.2 Å².